The maximum Gasteiger partial charge on any atom is 0.113 e. The zero-order valence-corrected chi connectivity index (χ0v) is 6.79. The summed E-state index contributed by atoms with van der Waals surface area (Å²) in [4.78, 5) is 0. The van der Waals surface area contributed by atoms with Crippen LogP contribution in [0, 0.1) is 48.1 Å². The van der Waals surface area contributed by atoms with Gasteiger partial charge in [0.25, 0.3) is 0 Å². The van der Waals surface area contributed by atoms with Gasteiger partial charge in [0, 0.05) is 0 Å². The summed E-state index contributed by atoms with van der Waals surface area (Å²) in [5, 5.41) is 33.1. The highest BCUT2D eigenvalue weighted by Crippen LogP contribution is 2.00. The Bertz CT molecular complexity index is 379. The Hall–Kier alpha value is -2.82. The first kappa shape index (κ1) is 11.2. The monoisotopic (exact) mass is 188 g/mol. The van der Waals surface area contributed by atoms with Crippen molar-refractivity contribution in [2.24, 2.45) is 0 Å². The molecule has 68 valence electrons. The lowest BCUT2D eigenvalue weighted by molar-refractivity contribution is 0.515. The first-order valence-electron chi connectivity index (χ1n) is 3.14. The Labute approximate surface area is 80.5 Å². The van der Waals surface area contributed by atoms with Gasteiger partial charge in [-0.25, -0.2) is 0 Å². The lowest BCUT2D eigenvalue weighted by atomic mass is 10.1. The lowest BCUT2D eigenvalue weighted by Crippen LogP contribution is -1.83. The molecule has 0 heterocycles. The summed E-state index contributed by atoms with van der Waals surface area (Å²) in [5.74, 6) is 8.31. The molecule has 0 radical (unpaired) electrons. The van der Waals surface area contributed by atoms with Gasteiger partial charge in [0.1, 0.15) is 35.6 Å². The van der Waals surface area contributed by atoms with E-state index in [0.717, 1.165) is 0 Å². The molecule has 14 heavy (non-hydrogen) atoms. The number of hydrogen-bond donors (Lipinski definition) is 4. The normalized spacial score (nSPS) is 5.43. The smallest absolute Gasteiger partial charge is 0.113 e. The first-order valence-corrected chi connectivity index (χ1v) is 3.14. The Balaban J connectivity index is 5.57. The molecule has 0 aromatic rings. The molecule has 4 heteroatoms. The van der Waals surface area contributed by atoms with Crippen LogP contribution in [-0.2, 0) is 0 Å². The van der Waals surface area contributed by atoms with Gasteiger partial charge in [-0.05, 0) is 23.7 Å². The zero-order valence-electron chi connectivity index (χ0n) is 6.79. The summed E-state index contributed by atoms with van der Waals surface area (Å²) in [6.07, 6.45) is 6.12. The van der Waals surface area contributed by atoms with Gasteiger partial charge in [0.2, 0.25) is 0 Å². The van der Waals surface area contributed by atoms with Crippen molar-refractivity contribution < 1.29 is 20.4 Å². The number of hydrogen-bond acceptors (Lipinski definition) is 4. The zero-order chi connectivity index (χ0) is 10.8. The van der Waals surface area contributed by atoms with Crippen LogP contribution in [0.2, 0.25) is 0 Å². The fraction of sp³-hybridized carbons (Fsp3) is 0. The molecule has 0 bridgehead atoms. The fourth-order valence-corrected chi connectivity index (χ4v) is 0.536. The highest BCUT2D eigenvalue weighted by molar-refractivity contribution is 5.59. The summed E-state index contributed by atoms with van der Waals surface area (Å²) >= 11 is 0. The Morgan fingerprint density at radius 1 is 0.500 bits per heavy atom. The van der Waals surface area contributed by atoms with E-state index in [-0.39, 0.29) is 11.1 Å². The fourth-order valence-electron chi connectivity index (χ4n) is 0.536. The van der Waals surface area contributed by atoms with E-state index in [1.807, 2.05) is 0 Å². The maximum atomic E-state index is 8.28. The van der Waals surface area contributed by atoms with E-state index in [0.29, 0.717) is 0 Å². The molecule has 0 fully saturated rings. The highest BCUT2D eigenvalue weighted by Gasteiger charge is 1.97. The third kappa shape index (κ3) is 3.54. The molecule has 0 aliphatic carbocycles. The predicted octanol–water partition coefficient (Wildman–Crippen LogP) is -0.383. The van der Waals surface area contributed by atoms with Crippen molar-refractivity contribution in [2.45, 2.75) is 0 Å². The molecule has 0 unspecified atom stereocenters. The van der Waals surface area contributed by atoms with Crippen molar-refractivity contribution in [1.82, 2.24) is 0 Å². The minimum Gasteiger partial charge on any atom is -0.462 e. The topological polar surface area (TPSA) is 80.9 Å². The summed E-state index contributed by atoms with van der Waals surface area (Å²) in [6.45, 7) is 0. The van der Waals surface area contributed by atoms with Crippen molar-refractivity contribution in [3.63, 3.8) is 0 Å². The van der Waals surface area contributed by atoms with Gasteiger partial charge >= 0.3 is 0 Å². The molecule has 4 nitrogen and oxygen atoms in total. The maximum absolute atomic E-state index is 8.28. The molecule has 0 saturated carbocycles. The summed E-state index contributed by atoms with van der Waals surface area (Å²) in [5.41, 5.74) is -0.226. The Morgan fingerprint density at radius 2 is 0.714 bits per heavy atom. The summed E-state index contributed by atoms with van der Waals surface area (Å²) in [7, 11) is 0. The van der Waals surface area contributed by atoms with Crippen LogP contribution in [0.5, 0.6) is 0 Å². The molecule has 0 aliphatic heterocycles. The van der Waals surface area contributed by atoms with Crippen LogP contribution in [0.4, 0.5) is 0 Å². The highest BCUT2D eigenvalue weighted by atomic mass is 16.2. The third-order valence-corrected chi connectivity index (χ3v) is 0.974. The third-order valence-electron chi connectivity index (χ3n) is 0.974. The second-order valence-corrected chi connectivity index (χ2v) is 1.70. The average Bonchev–Trinajstić information content (AvgIpc) is 2.17. The van der Waals surface area contributed by atoms with Crippen LogP contribution in [-0.4, -0.2) is 20.4 Å². The second kappa shape index (κ2) is 6.86. The standard InChI is InChI=1S/C10H4O4/c11-5-1-9(2-6-12)10(3-7-13)4-8-14/h11-14H. The van der Waals surface area contributed by atoms with Crippen LogP contribution >= 0.6 is 0 Å². The van der Waals surface area contributed by atoms with E-state index in [1.54, 1.807) is 0 Å². The molecule has 0 aromatic carbocycles. The molecular weight excluding hydrogens is 184 g/mol. The van der Waals surface area contributed by atoms with E-state index in [1.165, 1.54) is 24.4 Å². The van der Waals surface area contributed by atoms with Crippen molar-refractivity contribution >= 4 is 0 Å². The van der Waals surface area contributed by atoms with Gasteiger partial charge in [-0.3, -0.25) is 0 Å². The van der Waals surface area contributed by atoms with Gasteiger partial charge in [-0.15, -0.1) is 0 Å². The van der Waals surface area contributed by atoms with Gasteiger partial charge in [-0.1, -0.05) is 0 Å². The summed E-state index contributed by atoms with van der Waals surface area (Å²) in [6, 6.07) is 0. The van der Waals surface area contributed by atoms with Crippen LogP contribution in [0.25, 0.3) is 0 Å². The molecule has 0 aromatic heterocycles. The van der Waals surface area contributed by atoms with Crippen LogP contribution in [0.3, 0.4) is 0 Å². The van der Waals surface area contributed by atoms with E-state index >= 15 is 0 Å². The van der Waals surface area contributed by atoms with Crippen molar-refractivity contribution in [2.75, 3.05) is 0 Å². The lowest BCUT2D eigenvalue weighted by Gasteiger charge is -1.86. The molecule has 0 rings (SSSR count). The molecule has 0 spiro atoms. The predicted molar refractivity (Wildman–Crippen MR) is 45.9 cm³/mol. The van der Waals surface area contributed by atoms with Crippen LogP contribution in [0.15, 0.2) is 11.1 Å². The SMILES string of the molecule is OC#CC(C#CO)=C(C#CO)C#CO. The number of rotatable bonds is 0. The van der Waals surface area contributed by atoms with E-state index < -0.39 is 0 Å². The van der Waals surface area contributed by atoms with Crippen molar-refractivity contribution in [1.29, 1.82) is 0 Å². The van der Waals surface area contributed by atoms with Crippen molar-refractivity contribution in [3.05, 3.63) is 11.1 Å². The molecule has 0 amide bonds. The van der Waals surface area contributed by atoms with Gasteiger partial charge in [0.15, 0.2) is 0 Å². The second-order valence-electron chi connectivity index (χ2n) is 1.70. The van der Waals surface area contributed by atoms with E-state index in [4.69, 9.17) is 20.4 Å². The number of aliphatic hydroxyl groups excluding tert-OH is 4. The molecule has 0 saturated heterocycles. The largest absolute Gasteiger partial charge is 0.462 e. The summed E-state index contributed by atoms with van der Waals surface area (Å²) < 4.78 is 0. The number of allylic oxidation sites excluding steroid dienone is 2. The van der Waals surface area contributed by atoms with Crippen molar-refractivity contribution in [3.8, 4) is 48.1 Å². The first-order chi connectivity index (χ1) is 6.79. The number of aliphatic hydroxyl groups is 4. The van der Waals surface area contributed by atoms with Crippen LogP contribution in [0.1, 0.15) is 0 Å². The molecule has 0 aliphatic rings. The van der Waals surface area contributed by atoms with E-state index in [9.17, 15) is 0 Å². The molecule has 0 atom stereocenters. The average molecular weight is 188 g/mol. The molecular formula is C10H4O4. The van der Waals surface area contributed by atoms with Gasteiger partial charge in [-0.2, -0.15) is 0 Å². The van der Waals surface area contributed by atoms with E-state index in [2.05, 4.69) is 23.7 Å². The minimum absolute atomic E-state index is 0.113. The quantitative estimate of drug-likeness (QED) is 0.390. The van der Waals surface area contributed by atoms with Gasteiger partial charge < -0.3 is 20.4 Å². The van der Waals surface area contributed by atoms with Crippen LogP contribution < -0.4 is 0 Å². The molecule has 4 N–H and O–H groups in total. The minimum atomic E-state index is -0.113. The Morgan fingerprint density at radius 3 is 0.857 bits per heavy atom. The Kier molecular flexibility index (Phi) is 5.48. The van der Waals surface area contributed by atoms with Gasteiger partial charge in [0.05, 0.1) is 0 Å².